The minimum atomic E-state index is 0.564. The molecular weight excluding hydrogens is 288 g/mol. The van der Waals surface area contributed by atoms with Gasteiger partial charge in [0, 0.05) is 42.0 Å². The van der Waals surface area contributed by atoms with Gasteiger partial charge in [-0.25, -0.2) is 4.98 Å². The summed E-state index contributed by atoms with van der Waals surface area (Å²) < 4.78 is 2.06. The lowest BCUT2D eigenvalue weighted by Crippen LogP contribution is -2.04. The molecule has 0 unspecified atom stereocenters. The largest absolute Gasteiger partial charge is 0.363 e. The van der Waals surface area contributed by atoms with E-state index in [4.69, 9.17) is 0 Å². The Labute approximate surface area is 132 Å². The Hall–Kier alpha value is -2.89. The molecule has 0 spiro atoms. The number of anilines is 1. The van der Waals surface area contributed by atoms with E-state index in [9.17, 15) is 0 Å². The third kappa shape index (κ3) is 2.06. The summed E-state index contributed by atoms with van der Waals surface area (Å²) in [6, 6.07) is 8.37. The lowest BCUT2D eigenvalue weighted by Gasteiger charge is -2.08. The van der Waals surface area contributed by atoms with Crippen LogP contribution in [0.2, 0.25) is 0 Å². The smallest absolute Gasteiger partial charge is 0.203 e. The van der Waals surface area contributed by atoms with Gasteiger partial charge in [-0.15, -0.1) is 10.2 Å². The average Bonchev–Trinajstić information content (AvgIpc) is 3.14. The van der Waals surface area contributed by atoms with Crippen molar-refractivity contribution in [3.63, 3.8) is 0 Å². The molecule has 1 aliphatic rings. The van der Waals surface area contributed by atoms with Crippen LogP contribution in [0.1, 0.15) is 30.1 Å². The number of benzene rings is 1. The van der Waals surface area contributed by atoms with Crippen LogP contribution >= 0.6 is 0 Å². The van der Waals surface area contributed by atoms with Crippen molar-refractivity contribution in [3.05, 3.63) is 54.2 Å². The van der Waals surface area contributed by atoms with Crippen LogP contribution in [-0.2, 0) is 6.54 Å². The second-order valence-corrected chi connectivity index (χ2v) is 6.01. The van der Waals surface area contributed by atoms with Crippen molar-refractivity contribution in [3.8, 4) is 0 Å². The Kier molecular flexibility index (Phi) is 2.64. The maximum absolute atomic E-state index is 4.44. The molecule has 1 saturated carbocycles. The first kappa shape index (κ1) is 12.6. The van der Waals surface area contributed by atoms with Crippen molar-refractivity contribution in [2.45, 2.75) is 25.3 Å². The molecule has 6 heteroatoms. The molecule has 1 aliphatic carbocycles. The third-order valence-electron chi connectivity index (χ3n) is 4.43. The molecule has 0 aliphatic heterocycles. The van der Waals surface area contributed by atoms with E-state index in [1.165, 1.54) is 23.8 Å². The number of nitrogens with one attached hydrogen (secondary N) is 2. The molecule has 3 heterocycles. The van der Waals surface area contributed by atoms with E-state index in [1.54, 1.807) is 6.20 Å². The first-order chi connectivity index (χ1) is 11.4. The average molecular weight is 304 g/mol. The predicted molar refractivity (Wildman–Crippen MR) is 88.4 cm³/mol. The van der Waals surface area contributed by atoms with E-state index in [0.29, 0.717) is 12.5 Å². The zero-order valence-electron chi connectivity index (χ0n) is 12.5. The zero-order valence-corrected chi connectivity index (χ0v) is 12.5. The summed E-state index contributed by atoms with van der Waals surface area (Å²) in [7, 11) is 0. The molecule has 3 aromatic heterocycles. The highest BCUT2D eigenvalue weighted by atomic mass is 15.3. The molecule has 1 fully saturated rings. The molecule has 4 aromatic rings. The molecule has 0 amide bonds. The highest BCUT2D eigenvalue weighted by molar-refractivity contribution is 5.83. The molecule has 0 bridgehead atoms. The van der Waals surface area contributed by atoms with Crippen LogP contribution in [0.3, 0.4) is 0 Å². The fraction of sp³-hybridized carbons (Fsp3) is 0.235. The SMILES string of the molecule is c1cc(CNc2nccn3c(C4CC4)nnc23)c2cc[nH]c2c1. The molecule has 23 heavy (non-hydrogen) atoms. The topological polar surface area (TPSA) is 70.9 Å². The van der Waals surface area contributed by atoms with Crippen molar-refractivity contribution in [2.75, 3.05) is 5.32 Å². The van der Waals surface area contributed by atoms with Gasteiger partial charge in [0.1, 0.15) is 5.82 Å². The van der Waals surface area contributed by atoms with E-state index in [2.05, 4.69) is 54.1 Å². The van der Waals surface area contributed by atoms with Gasteiger partial charge >= 0.3 is 0 Å². The zero-order chi connectivity index (χ0) is 15.2. The first-order valence-electron chi connectivity index (χ1n) is 7.88. The monoisotopic (exact) mass is 304 g/mol. The molecule has 0 radical (unpaired) electrons. The molecule has 0 saturated heterocycles. The molecule has 114 valence electrons. The van der Waals surface area contributed by atoms with Gasteiger partial charge in [-0.1, -0.05) is 12.1 Å². The summed E-state index contributed by atoms with van der Waals surface area (Å²) in [5, 5.41) is 13.3. The van der Waals surface area contributed by atoms with Gasteiger partial charge in [-0.3, -0.25) is 4.40 Å². The number of H-pyrrole nitrogens is 1. The summed E-state index contributed by atoms with van der Waals surface area (Å²) in [5.74, 6) is 2.39. The van der Waals surface area contributed by atoms with Crippen molar-refractivity contribution < 1.29 is 0 Å². The van der Waals surface area contributed by atoms with Gasteiger partial charge in [0.25, 0.3) is 0 Å². The van der Waals surface area contributed by atoms with E-state index in [0.717, 1.165) is 22.8 Å². The number of aromatic amines is 1. The van der Waals surface area contributed by atoms with Gasteiger partial charge in [0.15, 0.2) is 5.82 Å². The fourth-order valence-electron chi connectivity index (χ4n) is 3.07. The Morgan fingerprint density at radius 3 is 3.09 bits per heavy atom. The first-order valence-corrected chi connectivity index (χ1v) is 7.88. The number of aromatic nitrogens is 5. The Morgan fingerprint density at radius 1 is 1.22 bits per heavy atom. The number of hydrogen-bond acceptors (Lipinski definition) is 4. The number of nitrogens with zero attached hydrogens (tertiary/aromatic N) is 4. The summed E-state index contributed by atoms with van der Waals surface area (Å²) in [4.78, 5) is 7.68. The van der Waals surface area contributed by atoms with Crippen LogP contribution in [0.15, 0.2) is 42.9 Å². The molecule has 6 nitrogen and oxygen atoms in total. The summed E-state index contributed by atoms with van der Waals surface area (Å²) in [6.45, 7) is 0.702. The van der Waals surface area contributed by atoms with Gasteiger partial charge < -0.3 is 10.3 Å². The maximum Gasteiger partial charge on any atom is 0.203 e. The minimum Gasteiger partial charge on any atom is -0.363 e. The maximum atomic E-state index is 4.44. The second-order valence-electron chi connectivity index (χ2n) is 6.01. The Balaban J connectivity index is 1.48. The quantitative estimate of drug-likeness (QED) is 0.608. The summed E-state index contributed by atoms with van der Waals surface area (Å²) in [6.07, 6.45) is 8.14. The predicted octanol–water partition coefficient (Wildman–Crippen LogP) is 3.10. The highest BCUT2D eigenvalue weighted by Gasteiger charge is 2.29. The van der Waals surface area contributed by atoms with Crippen LogP contribution in [0, 0.1) is 0 Å². The summed E-state index contributed by atoms with van der Waals surface area (Å²) >= 11 is 0. The Bertz CT molecular complexity index is 995. The number of hydrogen-bond donors (Lipinski definition) is 2. The molecule has 1 aromatic carbocycles. The molecule has 0 atom stereocenters. The van der Waals surface area contributed by atoms with Crippen LogP contribution in [0.4, 0.5) is 5.82 Å². The highest BCUT2D eigenvalue weighted by Crippen LogP contribution is 2.39. The summed E-state index contributed by atoms with van der Waals surface area (Å²) in [5.41, 5.74) is 3.18. The molecular formula is C17H16N6. The van der Waals surface area contributed by atoms with Crippen LogP contribution in [0.5, 0.6) is 0 Å². The van der Waals surface area contributed by atoms with Crippen molar-refractivity contribution in [1.82, 2.24) is 24.6 Å². The lowest BCUT2D eigenvalue weighted by molar-refractivity contribution is 0.894. The van der Waals surface area contributed by atoms with Crippen LogP contribution in [-0.4, -0.2) is 24.6 Å². The van der Waals surface area contributed by atoms with Gasteiger partial charge in [0.2, 0.25) is 5.65 Å². The van der Waals surface area contributed by atoms with Crippen molar-refractivity contribution >= 4 is 22.4 Å². The normalized spacial score (nSPS) is 14.6. The number of fused-ring (bicyclic) bond motifs is 2. The number of rotatable bonds is 4. The van der Waals surface area contributed by atoms with Crippen LogP contribution < -0.4 is 5.32 Å². The van der Waals surface area contributed by atoms with Crippen LogP contribution in [0.25, 0.3) is 16.6 Å². The standard InChI is InChI=1S/C17H16N6/c1-2-12(13-6-7-18-14(13)3-1)10-20-15-17-22-21-16(11-4-5-11)23(17)9-8-19-15/h1-3,6-9,11,18H,4-5,10H2,(H,19,20). The lowest BCUT2D eigenvalue weighted by atomic mass is 10.1. The van der Waals surface area contributed by atoms with Crippen molar-refractivity contribution in [1.29, 1.82) is 0 Å². The fourth-order valence-corrected chi connectivity index (χ4v) is 3.07. The van der Waals surface area contributed by atoms with Crippen molar-refractivity contribution in [2.24, 2.45) is 0 Å². The van der Waals surface area contributed by atoms with Gasteiger partial charge in [-0.05, 0) is 30.5 Å². The van der Waals surface area contributed by atoms with E-state index >= 15 is 0 Å². The molecule has 2 N–H and O–H groups in total. The molecule has 5 rings (SSSR count). The van der Waals surface area contributed by atoms with E-state index in [-0.39, 0.29) is 0 Å². The minimum absolute atomic E-state index is 0.564. The van der Waals surface area contributed by atoms with Gasteiger partial charge in [0.05, 0.1) is 0 Å². The Morgan fingerprint density at radius 2 is 2.17 bits per heavy atom. The third-order valence-corrected chi connectivity index (χ3v) is 4.43. The van der Waals surface area contributed by atoms with E-state index < -0.39 is 0 Å². The second kappa shape index (κ2) is 4.81. The van der Waals surface area contributed by atoms with Gasteiger partial charge in [-0.2, -0.15) is 0 Å². The van der Waals surface area contributed by atoms with E-state index in [1.807, 2.05) is 12.4 Å².